The minimum absolute atomic E-state index is 0.00551. The number of hydrogen-bond acceptors (Lipinski definition) is 4. The fourth-order valence-corrected chi connectivity index (χ4v) is 2.84. The molecule has 0 aliphatic heterocycles. The zero-order valence-electron chi connectivity index (χ0n) is 11.5. The van der Waals surface area contributed by atoms with Crippen molar-refractivity contribution in [3.8, 4) is 0 Å². The predicted octanol–water partition coefficient (Wildman–Crippen LogP) is 0.502. The summed E-state index contributed by atoms with van der Waals surface area (Å²) in [5, 5.41) is 9.37. The van der Waals surface area contributed by atoms with E-state index in [0.29, 0.717) is 5.56 Å². The number of nitrogens with one attached hydrogen (secondary N) is 2. The van der Waals surface area contributed by atoms with Gasteiger partial charge in [0.2, 0.25) is 10.0 Å². The molecule has 112 valence electrons. The molecular formula is C14H18N4O2S. The van der Waals surface area contributed by atoms with E-state index in [9.17, 15) is 8.42 Å². The molecule has 0 heterocycles. The van der Waals surface area contributed by atoms with E-state index in [1.165, 1.54) is 0 Å². The zero-order valence-corrected chi connectivity index (χ0v) is 12.3. The van der Waals surface area contributed by atoms with Gasteiger partial charge in [-0.2, -0.15) is 0 Å². The summed E-state index contributed by atoms with van der Waals surface area (Å²) < 4.78 is 25.7. The molecule has 21 heavy (non-hydrogen) atoms. The summed E-state index contributed by atoms with van der Waals surface area (Å²) in [4.78, 5) is 0. The molecule has 0 unspecified atom stereocenters. The molecule has 0 atom stereocenters. The average Bonchev–Trinajstić information content (AvgIpc) is 2.44. The number of sulfonamides is 1. The molecule has 0 fully saturated rings. The zero-order chi connectivity index (χ0) is 15.5. The average molecular weight is 306 g/mol. The third-order valence-electron chi connectivity index (χ3n) is 3.10. The second-order valence-corrected chi connectivity index (χ2v) is 6.67. The van der Waals surface area contributed by atoms with E-state index in [0.717, 1.165) is 16.3 Å². The molecule has 2 rings (SSSR count). The molecule has 0 radical (unpaired) electrons. The molecule has 6 N–H and O–H groups in total. The Morgan fingerprint density at radius 3 is 2.52 bits per heavy atom. The number of fused-ring (bicyclic) bond motifs is 1. The van der Waals surface area contributed by atoms with Crippen molar-refractivity contribution in [2.75, 3.05) is 12.3 Å². The summed E-state index contributed by atoms with van der Waals surface area (Å²) >= 11 is 0. The van der Waals surface area contributed by atoms with Gasteiger partial charge in [-0.15, -0.1) is 0 Å². The van der Waals surface area contributed by atoms with Crippen molar-refractivity contribution in [3.05, 3.63) is 47.5 Å². The van der Waals surface area contributed by atoms with Gasteiger partial charge in [0.1, 0.15) is 5.84 Å². The standard InChI is InChI=1S/C14H18N4O2S/c15-5-6-21(19,20)18-9-10-1-2-11-3-4-12(14(16)17)8-13(11)7-10/h1-4,7-8,18H,5-6,9,15H2,(H3,16,17). The van der Waals surface area contributed by atoms with Crippen LogP contribution < -0.4 is 16.2 Å². The molecule has 0 spiro atoms. The Labute approximate surface area is 123 Å². The molecule has 2 aromatic rings. The van der Waals surface area contributed by atoms with Gasteiger partial charge < -0.3 is 11.5 Å². The summed E-state index contributed by atoms with van der Waals surface area (Å²) in [6.45, 7) is 0.303. The SMILES string of the molecule is N=C(N)c1ccc2ccc(CNS(=O)(=O)CCN)cc2c1. The first-order valence-corrected chi connectivity index (χ1v) is 8.11. The highest BCUT2D eigenvalue weighted by Gasteiger charge is 2.08. The maximum Gasteiger partial charge on any atom is 0.213 e. The van der Waals surface area contributed by atoms with Gasteiger partial charge in [0.05, 0.1) is 5.75 Å². The van der Waals surface area contributed by atoms with Crippen LogP contribution in [0.5, 0.6) is 0 Å². The van der Waals surface area contributed by atoms with E-state index in [1.807, 2.05) is 30.3 Å². The lowest BCUT2D eigenvalue weighted by Crippen LogP contribution is -2.29. The van der Waals surface area contributed by atoms with Crippen LogP contribution in [0.15, 0.2) is 36.4 Å². The van der Waals surface area contributed by atoms with Gasteiger partial charge in [-0.05, 0) is 28.5 Å². The number of rotatable bonds is 6. The number of benzene rings is 2. The van der Waals surface area contributed by atoms with Crippen molar-refractivity contribution in [3.63, 3.8) is 0 Å². The minimum atomic E-state index is -3.33. The Kier molecular flexibility index (Phi) is 4.56. The minimum Gasteiger partial charge on any atom is -0.384 e. The molecule has 6 nitrogen and oxygen atoms in total. The van der Waals surface area contributed by atoms with Crippen LogP contribution in [-0.4, -0.2) is 26.6 Å². The van der Waals surface area contributed by atoms with Gasteiger partial charge in [-0.25, -0.2) is 13.1 Å². The lowest BCUT2D eigenvalue weighted by molar-refractivity contribution is 0.581. The van der Waals surface area contributed by atoms with Crippen LogP contribution in [0.3, 0.4) is 0 Å². The Hall–Kier alpha value is -1.96. The Balaban J connectivity index is 2.23. The molecule has 0 aliphatic rings. The summed E-state index contributed by atoms with van der Waals surface area (Å²) in [6.07, 6.45) is 0. The molecule has 2 aromatic carbocycles. The van der Waals surface area contributed by atoms with Crippen molar-refractivity contribution in [1.29, 1.82) is 5.41 Å². The van der Waals surface area contributed by atoms with Crippen LogP contribution in [0, 0.1) is 5.41 Å². The normalized spacial score (nSPS) is 11.7. The molecule has 7 heteroatoms. The highest BCUT2D eigenvalue weighted by molar-refractivity contribution is 7.89. The third-order valence-corrected chi connectivity index (χ3v) is 4.46. The maximum absolute atomic E-state index is 11.6. The third kappa shape index (κ3) is 4.01. The quantitative estimate of drug-likeness (QED) is 0.458. The van der Waals surface area contributed by atoms with E-state index in [4.69, 9.17) is 16.9 Å². The number of amidine groups is 1. The molecule has 0 saturated carbocycles. The second kappa shape index (κ2) is 6.21. The van der Waals surface area contributed by atoms with Crippen LogP contribution >= 0.6 is 0 Å². The lowest BCUT2D eigenvalue weighted by atomic mass is 10.0. The van der Waals surface area contributed by atoms with Crippen LogP contribution in [0.25, 0.3) is 10.8 Å². The van der Waals surface area contributed by atoms with Crippen LogP contribution in [-0.2, 0) is 16.6 Å². The first-order valence-electron chi connectivity index (χ1n) is 6.46. The van der Waals surface area contributed by atoms with Crippen LogP contribution in [0.1, 0.15) is 11.1 Å². The number of hydrogen-bond donors (Lipinski definition) is 4. The smallest absolute Gasteiger partial charge is 0.213 e. The first-order chi connectivity index (χ1) is 9.91. The Morgan fingerprint density at radius 1 is 1.14 bits per heavy atom. The topological polar surface area (TPSA) is 122 Å². The van der Waals surface area contributed by atoms with Crippen molar-refractivity contribution < 1.29 is 8.42 Å². The van der Waals surface area contributed by atoms with Gasteiger partial charge in [-0.1, -0.05) is 24.3 Å². The van der Waals surface area contributed by atoms with E-state index in [1.54, 1.807) is 6.07 Å². The van der Waals surface area contributed by atoms with Crippen molar-refractivity contribution in [2.24, 2.45) is 11.5 Å². The summed E-state index contributed by atoms with van der Waals surface area (Å²) in [6, 6.07) is 11.1. The van der Waals surface area contributed by atoms with Crippen molar-refractivity contribution >= 4 is 26.6 Å². The number of nitrogens with two attached hydrogens (primary N) is 2. The fraction of sp³-hybridized carbons (Fsp3) is 0.214. The molecule has 0 bridgehead atoms. The summed E-state index contributed by atoms with van der Waals surface area (Å²) in [5.74, 6) is -0.0827. The monoisotopic (exact) mass is 306 g/mol. The first kappa shape index (κ1) is 15.4. The van der Waals surface area contributed by atoms with Gasteiger partial charge in [0, 0.05) is 18.7 Å². The highest BCUT2D eigenvalue weighted by atomic mass is 32.2. The van der Waals surface area contributed by atoms with Crippen molar-refractivity contribution in [1.82, 2.24) is 4.72 Å². The van der Waals surface area contributed by atoms with Crippen LogP contribution in [0.4, 0.5) is 0 Å². The summed E-state index contributed by atoms with van der Waals surface area (Å²) in [7, 11) is -3.33. The molecule has 0 saturated heterocycles. The Morgan fingerprint density at radius 2 is 1.86 bits per heavy atom. The van der Waals surface area contributed by atoms with Gasteiger partial charge in [0.15, 0.2) is 0 Å². The highest BCUT2D eigenvalue weighted by Crippen LogP contribution is 2.18. The van der Waals surface area contributed by atoms with E-state index < -0.39 is 10.0 Å². The predicted molar refractivity (Wildman–Crippen MR) is 84.6 cm³/mol. The van der Waals surface area contributed by atoms with E-state index >= 15 is 0 Å². The lowest BCUT2D eigenvalue weighted by Gasteiger charge is -2.08. The van der Waals surface area contributed by atoms with Gasteiger partial charge >= 0.3 is 0 Å². The van der Waals surface area contributed by atoms with E-state index in [2.05, 4.69) is 4.72 Å². The molecular weight excluding hydrogens is 288 g/mol. The van der Waals surface area contributed by atoms with Gasteiger partial charge in [0.25, 0.3) is 0 Å². The van der Waals surface area contributed by atoms with Crippen LogP contribution in [0.2, 0.25) is 0 Å². The molecule has 0 amide bonds. The maximum atomic E-state index is 11.6. The fourth-order valence-electron chi connectivity index (χ4n) is 1.99. The summed E-state index contributed by atoms with van der Waals surface area (Å²) in [5.41, 5.74) is 12.2. The molecule has 0 aromatic heterocycles. The van der Waals surface area contributed by atoms with Gasteiger partial charge in [-0.3, -0.25) is 5.41 Å². The largest absolute Gasteiger partial charge is 0.384 e. The Bertz CT molecular complexity index is 772. The van der Waals surface area contributed by atoms with E-state index in [-0.39, 0.29) is 24.7 Å². The second-order valence-electron chi connectivity index (χ2n) is 4.74. The number of nitrogen functional groups attached to an aromatic ring is 1. The molecule has 0 aliphatic carbocycles. The van der Waals surface area contributed by atoms with Crippen molar-refractivity contribution in [2.45, 2.75) is 6.54 Å².